The maximum absolute atomic E-state index is 9.34. The van der Waals surface area contributed by atoms with Gasteiger partial charge in [0.2, 0.25) is 11.8 Å². The lowest BCUT2D eigenvalue weighted by atomic mass is 10.2. The number of rotatable bonds is 2. The molecule has 0 spiro atoms. The van der Waals surface area contributed by atoms with Gasteiger partial charge in [0.15, 0.2) is 0 Å². The molecule has 0 amide bonds. The lowest BCUT2D eigenvalue weighted by molar-refractivity contribution is 0.468. The summed E-state index contributed by atoms with van der Waals surface area (Å²) in [6.07, 6.45) is 0. The Bertz CT molecular complexity index is 511. The lowest BCUT2D eigenvalue weighted by Crippen LogP contribution is -2.04. The van der Waals surface area contributed by atoms with Crippen LogP contribution in [0.25, 0.3) is 11.5 Å². The minimum Gasteiger partial charge on any atom is -0.508 e. The highest BCUT2D eigenvalue weighted by Gasteiger charge is 2.14. The molecular formula is C10H10ClN3O2. The van der Waals surface area contributed by atoms with Crippen molar-refractivity contribution >= 4 is 11.6 Å². The van der Waals surface area contributed by atoms with Crippen LogP contribution in [0.15, 0.2) is 22.6 Å². The Labute approximate surface area is 96.9 Å². The quantitative estimate of drug-likeness (QED) is 0.838. The average molecular weight is 240 g/mol. The number of nitrogens with zero attached hydrogens (tertiary/aromatic N) is 2. The van der Waals surface area contributed by atoms with Gasteiger partial charge in [0.1, 0.15) is 5.75 Å². The van der Waals surface area contributed by atoms with Gasteiger partial charge in [-0.1, -0.05) is 11.6 Å². The number of phenols is 1. The summed E-state index contributed by atoms with van der Waals surface area (Å²) in [4.78, 5) is 0. The molecule has 0 aliphatic heterocycles. The molecule has 3 N–H and O–H groups in total. The maximum atomic E-state index is 9.34. The van der Waals surface area contributed by atoms with E-state index in [0.717, 1.165) is 0 Å². The fraction of sp³-hybridized carbons (Fsp3) is 0.200. The minimum absolute atomic E-state index is 0.0833. The molecule has 2 aromatic rings. The van der Waals surface area contributed by atoms with E-state index in [1.165, 1.54) is 12.1 Å². The second-order valence-corrected chi connectivity index (χ2v) is 3.81. The fourth-order valence-corrected chi connectivity index (χ4v) is 1.40. The predicted octanol–water partition coefficient (Wildman–Crippen LogP) is 2.12. The molecule has 0 saturated heterocycles. The molecule has 0 aliphatic carbocycles. The largest absolute Gasteiger partial charge is 0.508 e. The molecule has 16 heavy (non-hydrogen) atoms. The molecule has 0 fully saturated rings. The van der Waals surface area contributed by atoms with E-state index in [-0.39, 0.29) is 17.7 Å². The zero-order chi connectivity index (χ0) is 11.7. The van der Waals surface area contributed by atoms with Crippen molar-refractivity contribution < 1.29 is 9.52 Å². The van der Waals surface area contributed by atoms with Crippen molar-refractivity contribution in [1.29, 1.82) is 0 Å². The number of nitrogens with two attached hydrogens (primary N) is 1. The molecular weight excluding hydrogens is 230 g/mol. The van der Waals surface area contributed by atoms with Gasteiger partial charge in [-0.2, -0.15) is 0 Å². The summed E-state index contributed by atoms with van der Waals surface area (Å²) in [6.45, 7) is 1.74. The summed E-state index contributed by atoms with van der Waals surface area (Å²) in [7, 11) is 0. The number of hydrogen-bond donors (Lipinski definition) is 2. The summed E-state index contributed by atoms with van der Waals surface area (Å²) in [5.41, 5.74) is 6.08. The average Bonchev–Trinajstić information content (AvgIpc) is 2.70. The van der Waals surface area contributed by atoms with Gasteiger partial charge >= 0.3 is 0 Å². The fourth-order valence-electron chi connectivity index (χ4n) is 1.20. The third-order valence-electron chi connectivity index (χ3n) is 2.01. The van der Waals surface area contributed by atoms with Crippen molar-refractivity contribution in [2.45, 2.75) is 13.0 Å². The summed E-state index contributed by atoms with van der Waals surface area (Å²) in [5.74, 6) is 0.655. The van der Waals surface area contributed by atoms with Crippen LogP contribution in [0.3, 0.4) is 0 Å². The number of aromatic nitrogens is 2. The third-order valence-corrected chi connectivity index (χ3v) is 2.34. The summed E-state index contributed by atoms with van der Waals surface area (Å²) in [5, 5.41) is 17.4. The summed E-state index contributed by atoms with van der Waals surface area (Å²) < 4.78 is 5.32. The Morgan fingerprint density at radius 3 is 2.81 bits per heavy atom. The van der Waals surface area contributed by atoms with Gasteiger partial charge < -0.3 is 15.3 Å². The maximum Gasteiger partial charge on any atom is 0.249 e. The Hall–Kier alpha value is -1.59. The molecule has 0 aliphatic rings. The lowest BCUT2D eigenvalue weighted by Gasteiger charge is -2.00. The van der Waals surface area contributed by atoms with Crippen LogP contribution in [-0.2, 0) is 0 Å². The summed E-state index contributed by atoms with van der Waals surface area (Å²) in [6, 6.07) is 4.16. The first-order valence-electron chi connectivity index (χ1n) is 4.66. The Kier molecular flexibility index (Phi) is 2.80. The number of hydrogen-bond acceptors (Lipinski definition) is 5. The van der Waals surface area contributed by atoms with Gasteiger partial charge in [0.05, 0.1) is 16.6 Å². The van der Waals surface area contributed by atoms with Gasteiger partial charge in [0.25, 0.3) is 0 Å². The van der Waals surface area contributed by atoms with Crippen LogP contribution in [0, 0.1) is 0 Å². The molecule has 1 aromatic heterocycles. The van der Waals surface area contributed by atoms with E-state index in [9.17, 15) is 5.11 Å². The van der Waals surface area contributed by atoms with Crippen LogP contribution < -0.4 is 5.73 Å². The van der Waals surface area contributed by atoms with Crippen LogP contribution >= 0.6 is 11.6 Å². The molecule has 0 bridgehead atoms. The Morgan fingerprint density at radius 2 is 2.19 bits per heavy atom. The zero-order valence-corrected chi connectivity index (χ0v) is 9.27. The molecule has 0 saturated carbocycles. The van der Waals surface area contributed by atoms with Crippen molar-refractivity contribution in [3.8, 4) is 17.2 Å². The third kappa shape index (κ3) is 2.00. The highest BCUT2D eigenvalue weighted by Crippen LogP contribution is 2.30. The molecule has 5 nitrogen and oxygen atoms in total. The monoisotopic (exact) mass is 239 g/mol. The van der Waals surface area contributed by atoms with E-state index in [0.29, 0.717) is 16.5 Å². The second kappa shape index (κ2) is 4.11. The molecule has 1 aromatic carbocycles. The van der Waals surface area contributed by atoms with Crippen molar-refractivity contribution in [3.05, 3.63) is 29.1 Å². The van der Waals surface area contributed by atoms with Crippen molar-refractivity contribution in [3.63, 3.8) is 0 Å². The van der Waals surface area contributed by atoms with E-state index in [2.05, 4.69) is 10.2 Å². The number of phenolic OH excluding ortho intramolecular Hbond substituents is 1. The normalized spacial score (nSPS) is 12.7. The molecule has 6 heteroatoms. The van der Waals surface area contributed by atoms with Crippen LogP contribution in [0.2, 0.25) is 5.02 Å². The van der Waals surface area contributed by atoms with E-state index < -0.39 is 0 Å². The van der Waals surface area contributed by atoms with Crippen LogP contribution in [0.1, 0.15) is 18.9 Å². The van der Waals surface area contributed by atoms with Crippen LogP contribution in [0.5, 0.6) is 5.75 Å². The van der Waals surface area contributed by atoms with Gasteiger partial charge in [0, 0.05) is 0 Å². The van der Waals surface area contributed by atoms with E-state index >= 15 is 0 Å². The molecule has 1 unspecified atom stereocenters. The minimum atomic E-state index is -0.336. The Balaban J connectivity index is 2.46. The highest BCUT2D eigenvalue weighted by molar-refractivity contribution is 6.33. The molecule has 0 radical (unpaired) electrons. The summed E-state index contributed by atoms with van der Waals surface area (Å²) >= 11 is 5.95. The number of aromatic hydroxyl groups is 1. The zero-order valence-electron chi connectivity index (χ0n) is 8.51. The van der Waals surface area contributed by atoms with E-state index in [1.807, 2.05) is 0 Å². The molecule has 1 atom stereocenters. The van der Waals surface area contributed by atoms with E-state index in [1.54, 1.807) is 13.0 Å². The predicted molar refractivity (Wildman–Crippen MR) is 59.0 cm³/mol. The van der Waals surface area contributed by atoms with Crippen LogP contribution in [0.4, 0.5) is 0 Å². The van der Waals surface area contributed by atoms with Crippen molar-refractivity contribution in [2.75, 3.05) is 0 Å². The van der Waals surface area contributed by atoms with Gasteiger partial charge in [-0.3, -0.25) is 0 Å². The topological polar surface area (TPSA) is 85.2 Å². The molecule has 84 valence electrons. The van der Waals surface area contributed by atoms with Gasteiger partial charge in [-0.05, 0) is 25.1 Å². The first kappa shape index (κ1) is 10.9. The second-order valence-electron chi connectivity index (χ2n) is 3.40. The first-order valence-corrected chi connectivity index (χ1v) is 5.03. The standard InChI is InChI=1S/C10H10ClN3O2/c1-5(12)9-13-14-10(16-9)7-4-6(15)2-3-8(7)11/h2-5,15H,12H2,1H3. The highest BCUT2D eigenvalue weighted by atomic mass is 35.5. The van der Waals surface area contributed by atoms with Gasteiger partial charge in [-0.25, -0.2) is 0 Å². The van der Waals surface area contributed by atoms with Gasteiger partial charge in [-0.15, -0.1) is 10.2 Å². The number of halogens is 1. The van der Waals surface area contributed by atoms with Crippen LogP contribution in [-0.4, -0.2) is 15.3 Å². The molecule has 2 rings (SSSR count). The SMILES string of the molecule is CC(N)c1nnc(-c2cc(O)ccc2Cl)o1. The van der Waals surface area contributed by atoms with E-state index in [4.69, 9.17) is 21.8 Å². The van der Waals surface area contributed by atoms with Crippen molar-refractivity contribution in [2.24, 2.45) is 5.73 Å². The Morgan fingerprint density at radius 1 is 1.44 bits per heavy atom. The smallest absolute Gasteiger partial charge is 0.249 e. The number of benzene rings is 1. The van der Waals surface area contributed by atoms with Crippen molar-refractivity contribution in [1.82, 2.24) is 10.2 Å². The molecule has 1 heterocycles. The first-order chi connectivity index (χ1) is 7.58.